The molecule has 23 heavy (non-hydrogen) atoms. The summed E-state index contributed by atoms with van der Waals surface area (Å²) in [6.45, 7) is 7.78. The Hall–Kier alpha value is -0.0800. The first-order valence-corrected chi connectivity index (χ1v) is 10.7. The number of hydrogen-bond donors (Lipinski definition) is 0. The molecule has 0 spiro atoms. The molecule has 0 aromatic carbocycles. The quantitative estimate of drug-likeness (QED) is 0.314. The molecule has 0 unspecified atom stereocenters. The first-order valence-electron chi connectivity index (χ1n) is 10.7. The molecule has 0 saturated carbocycles. The van der Waals surface area contributed by atoms with Gasteiger partial charge in [0.2, 0.25) is 0 Å². The van der Waals surface area contributed by atoms with Crippen molar-refractivity contribution in [1.82, 2.24) is 4.90 Å². The Morgan fingerprint density at radius 3 is 1.39 bits per heavy atom. The van der Waals surface area contributed by atoms with E-state index in [9.17, 15) is 0 Å². The normalized spacial score (nSPS) is 16.0. The molecule has 0 amide bonds. The fourth-order valence-corrected chi connectivity index (χ4v) is 3.53. The minimum atomic E-state index is 0.943. The first-order chi connectivity index (χ1) is 11.4. The van der Waals surface area contributed by atoms with Crippen LogP contribution in [0.4, 0.5) is 0 Å². The number of morpholine rings is 1. The van der Waals surface area contributed by atoms with Gasteiger partial charge in [0, 0.05) is 13.1 Å². The second-order valence-electron chi connectivity index (χ2n) is 7.40. The monoisotopic (exact) mass is 325 g/mol. The minimum absolute atomic E-state index is 0.943. The van der Waals surface area contributed by atoms with Crippen molar-refractivity contribution in [3.05, 3.63) is 0 Å². The second-order valence-corrected chi connectivity index (χ2v) is 7.40. The van der Waals surface area contributed by atoms with Gasteiger partial charge in [0.1, 0.15) is 0 Å². The molecule has 0 aromatic rings. The lowest BCUT2D eigenvalue weighted by molar-refractivity contribution is 0.0371. The van der Waals surface area contributed by atoms with Crippen molar-refractivity contribution < 1.29 is 4.74 Å². The first kappa shape index (κ1) is 21.0. The Kier molecular flexibility index (Phi) is 15.3. The summed E-state index contributed by atoms with van der Waals surface area (Å²) in [5.41, 5.74) is 0. The van der Waals surface area contributed by atoms with Crippen LogP contribution in [0.25, 0.3) is 0 Å². The van der Waals surface area contributed by atoms with Crippen LogP contribution in [-0.4, -0.2) is 37.7 Å². The van der Waals surface area contributed by atoms with Crippen LogP contribution in [0.3, 0.4) is 0 Å². The molecule has 0 N–H and O–H groups in total. The van der Waals surface area contributed by atoms with E-state index >= 15 is 0 Å². The predicted octanol–water partition coefficient (Wildman–Crippen LogP) is 6.19. The lowest BCUT2D eigenvalue weighted by atomic mass is 10.0. The van der Waals surface area contributed by atoms with E-state index in [1.807, 2.05) is 0 Å². The van der Waals surface area contributed by atoms with E-state index in [1.165, 1.54) is 103 Å². The van der Waals surface area contributed by atoms with Crippen LogP contribution in [0.15, 0.2) is 0 Å². The number of hydrogen-bond acceptors (Lipinski definition) is 2. The average molecular weight is 326 g/mol. The van der Waals surface area contributed by atoms with E-state index in [2.05, 4.69) is 11.8 Å². The van der Waals surface area contributed by atoms with Crippen molar-refractivity contribution in [2.75, 3.05) is 32.8 Å². The molecule has 138 valence electrons. The zero-order valence-corrected chi connectivity index (χ0v) is 16.0. The summed E-state index contributed by atoms with van der Waals surface area (Å²) < 4.78 is 5.39. The molecule has 0 atom stereocenters. The van der Waals surface area contributed by atoms with E-state index in [0.29, 0.717) is 0 Å². The summed E-state index contributed by atoms with van der Waals surface area (Å²) in [7, 11) is 0. The molecular weight excluding hydrogens is 282 g/mol. The van der Waals surface area contributed by atoms with Crippen molar-refractivity contribution >= 4 is 0 Å². The highest BCUT2D eigenvalue weighted by Gasteiger charge is 2.08. The Labute approximate surface area is 146 Å². The average Bonchev–Trinajstić information content (AvgIpc) is 2.59. The summed E-state index contributed by atoms with van der Waals surface area (Å²) >= 11 is 0. The number of rotatable bonds is 16. The fraction of sp³-hybridized carbons (Fsp3) is 1.00. The van der Waals surface area contributed by atoms with Gasteiger partial charge in [-0.25, -0.2) is 0 Å². The lowest BCUT2D eigenvalue weighted by Gasteiger charge is -2.26. The van der Waals surface area contributed by atoms with Crippen LogP contribution in [-0.2, 0) is 4.74 Å². The van der Waals surface area contributed by atoms with Crippen molar-refractivity contribution in [3.8, 4) is 0 Å². The van der Waals surface area contributed by atoms with E-state index in [-0.39, 0.29) is 0 Å². The third kappa shape index (κ3) is 14.0. The summed E-state index contributed by atoms with van der Waals surface area (Å²) in [5.74, 6) is 0. The molecule has 1 fully saturated rings. The molecule has 1 heterocycles. The van der Waals surface area contributed by atoms with E-state index < -0.39 is 0 Å². The van der Waals surface area contributed by atoms with Crippen molar-refractivity contribution in [2.24, 2.45) is 0 Å². The molecule has 0 bridgehead atoms. The highest BCUT2D eigenvalue weighted by molar-refractivity contribution is 4.61. The van der Waals surface area contributed by atoms with E-state index in [0.717, 1.165) is 26.3 Å². The van der Waals surface area contributed by atoms with Gasteiger partial charge in [-0.1, -0.05) is 96.8 Å². The summed E-state index contributed by atoms with van der Waals surface area (Å²) in [5, 5.41) is 0. The summed E-state index contributed by atoms with van der Waals surface area (Å²) in [6.07, 6.45) is 21.8. The molecule has 0 aliphatic carbocycles. The third-order valence-electron chi connectivity index (χ3n) is 5.18. The Bertz CT molecular complexity index is 226. The topological polar surface area (TPSA) is 12.5 Å². The maximum absolute atomic E-state index is 5.39. The molecule has 1 aliphatic heterocycles. The van der Waals surface area contributed by atoms with Gasteiger partial charge < -0.3 is 4.74 Å². The van der Waals surface area contributed by atoms with Gasteiger partial charge in [0.05, 0.1) is 13.2 Å². The molecule has 2 nitrogen and oxygen atoms in total. The number of nitrogens with zero attached hydrogens (tertiary/aromatic N) is 1. The smallest absolute Gasteiger partial charge is 0.0594 e. The number of ether oxygens (including phenoxy) is 1. The SMILES string of the molecule is CCCCCCCCCCCCCCCCCN1CCOCC1. The summed E-state index contributed by atoms with van der Waals surface area (Å²) in [4.78, 5) is 2.56. The van der Waals surface area contributed by atoms with E-state index in [1.54, 1.807) is 0 Å². The Balaban J connectivity index is 1.67. The highest BCUT2D eigenvalue weighted by Crippen LogP contribution is 2.13. The van der Waals surface area contributed by atoms with Crippen LogP contribution in [0.2, 0.25) is 0 Å². The molecule has 1 saturated heterocycles. The molecule has 0 aromatic heterocycles. The standard InChI is InChI=1S/C21H43NO/c1-2-3-4-5-6-7-8-9-10-11-12-13-14-15-16-17-22-18-20-23-21-19-22/h2-21H2,1H3. The lowest BCUT2D eigenvalue weighted by Crippen LogP contribution is -2.36. The molecule has 2 heteroatoms. The molecule has 1 aliphatic rings. The van der Waals surface area contributed by atoms with Crippen LogP contribution in [0, 0.1) is 0 Å². The van der Waals surface area contributed by atoms with E-state index in [4.69, 9.17) is 4.74 Å². The van der Waals surface area contributed by atoms with Gasteiger partial charge in [0.25, 0.3) is 0 Å². The Morgan fingerprint density at radius 1 is 0.565 bits per heavy atom. The predicted molar refractivity (Wildman–Crippen MR) is 102 cm³/mol. The van der Waals surface area contributed by atoms with Gasteiger partial charge in [-0.3, -0.25) is 4.90 Å². The largest absolute Gasteiger partial charge is 0.379 e. The van der Waals surface area contributed by atoms with Crippen LogP contribution >= 0.6 is 0 Å². The highest BCUT2D eigenvalue weighted by atomic mass is 16.5. The molecule has 0 radical (unpaired) electrons. The van der Waals surface area contributed by atoms with Gasteiger partial charge in [0.15, 0.2) is 0 Å². The zero-order chi connectivity index (χ0) is 16.4. The van der Waals surface area contributed by atoms with Gasteiger partial charge in [-0.15, -0.1) is 0 Å². The van der Waals surface area contributed by atoms with Crippen molar-refractivity contribution in [3.63, 3.8) is 0 Å². The minimum Gasteiger partial charge on any atom is -0.379 e. The molecule has 1 rings (SSSR count). The van der Waals surface area contributed by atoms with Crippen LogP contribution in [0.1, 0.15) is 103 Å². The Morgan fingerprint density at radius 2 is 0.957 bits per heavy atom. The zero-order valence-electron chi connectivity index (χ0n) is 16.0. The third-order valence-corrected chi connectivity index (χ3v) is 5.18. The number of unbranched alkanes of at least 4 members (excludes halogenated alkanes) is 14. The van der Waals surface area contributed by atoms with Gasteiger partial charge >= 0.3 is 0 Å². The maximum Gasteiger partial charge on any atom is 0.0594 e. The van der Waals surface area contributed by atoms with Gasteiger partial charge in [-0.05, 0) is 13.0 Å². The van der Waals surface area contributed by atoms with Gasteiger partial charge in [-0.2, -0.15) is 0 Å². The van der Waals surface area contributed by atoms with Crippen molar-refractivity contribution in [2.45, 2.75) is 103 Å². The van der Waals surface area contributed by atoms with Crippen LogP contribution in [0.5, 0.6) is 0 Å². The van der Waals surface area contributed by atoms with Crippen molar-refractivity contribution in [1.29, 1.82) is 0 Å². The fourth-order valence-electron chi connectivity index (χ4n) is 3.53. The van der Waals surface area contributed by atoms with Crippen LogP contribution < -0.4 is 0 Å². The summed E-state index contributed by atoms with van der Waals surface area (Å²) in [6, 6.07) is 0. The second kappa shape index (κ2) is 16.8. The maximum atomic E-state index is 5.39. The molecular formula is C21H43NO.